The number of nitriles is 1. The Hall–Kier alpha value is -4.03. The third-order valence-corrected chi connectivity index (χ3v) is 6.43. The first-order valence-corrected chi connectivity index (χ1v) is 11.2. The fourth-order valence-corrected chi connectivity index (χ4v) is 4.45. The van der Waals surface area contributed by atoms with Crippen LogP contribution in [0.25, 0.3) is 33.4 Å². The molecule has 0 bridgehead atoms. The lowest BCUT2D eigenvalue weighted by Gasteiger charge is -2.32. The average Bonchev–Trinajstić information content (AvgIpc) is 3.22. The maximum absolute atomic E-state index is 15.5. The number of anilines is 1. The summed E-state index contributed by atoms with van der Waals surface area (Å²) in [6.07, 6.45) is 1.62. The van der Waals surface area contributed by atoms with Gasteiger partial charge in [-0.05, 0) is 44.0 Å². The van der Waals surface area contributed by atoms with Crippen LogP contribution in [0.4, 0.5) is 14.6 Å². The Morgan fingerprint density at radius 3 is 2.60 bits per heavy atom. The van der Waals surface area contributed by atoms with Crippen LogP contribution < -0.4 is 15.4 Å². The highest BCUT2D eigenvalue weighted by Crippen LogP contribution is 2.43. The van der Waals surface area contributed by atoms with E-state index in [9.17, 15) is 4.39 Å². The van der Waals surface area contributed by atoms with Crippen LogP contribution in [0.5, 0.6) is 5.75 Å². The van der Waals surface area contributed by atoms with E-state index >= 15 is 4.39 Å². The summed E-state index contributed by atoms with van der Waals surface area (Å²) >= 11 is 0. The zero-order chi connectivity index (χ0) is 24.7. The van der Waals surface area contributed by atoms with Crippen LogP contribution in [0.15, 0.2) is 40.9 Å². The maximum Gasteiger partial charge on any atom is 0.167 e. The Morgan fingerprint density at radius 1 is 1.14 bits per heavy atom. The topological polar surface area (TPSA) is 101 Å². The van der Waals surface area contributed by atoms with Crippen LogP contribution in [0.3, 0.4) is 0 Å². The molecule has 0 amide bonds. The standard InChI is InChI=1S/C26H23F2N5O2/c1-14-18-10-21(28)19(11-22(18)35-32-14)25-23(34-2)12-24(33-7-5-17(30)6-8-33)31-26(25)15-3-4-16(13-29)20(27)9-15/h3-4,9-12,17H,5-8,30H2,1-2H3. The second-order valence-electron chi connectivity index (χ2n) is 8.63. The van der Waals surface area contributed by atoms with Gasteiger partial charge in [0.2, 0.25) is 0 Å². The van der Waals surface area contributed by atoms with E-state index in [4.69, 9.17) is 25.2 Å². The average molecular weight is 475 g/mol. The molecule has 1 aliphatic rings. The number of halogens is 2. The van der Waals surface area contributed by atoms with Crippen LogP contribution in [-0.2, 0) is 0 Å². The zero-order valence-electron chi connectivity index (χ0n) is 19.3. The van der Waals surface area contributed by atoms with Gasteiger partial charge >= 0.3 is 0 Å². The van der Waals surface area contributed by atoms with Crippen molar-refractivity contribution in [2.45, 2.75) is 25.8 Å². The summed E-state index contributed by atoms with van der Waals surface area (Å²) < 4.78 is 41.2. The van der Waals surface area contributed by atoms with E-state index in [-0.39, 0.29) is 17.2 Å². The fraction of sp³-hybridized carbons (Fsp3) is 0.269. The molecule has 2 aromatic heterocycles. The van der Waals surface area contributed by atoms with Gasteiger partial charge in [-0.15, -0.1) is 0 Å². The quantitative estimate of drug-likeness (QED) is 0.446. The number of aromatic nitrogens is 2. The summed E-state index contributed by atoms with van der Waals surface area (Å²) in [6, 6.07) is 10.8. The molecular weight excluding hydrogens is 452 g/mol. The number of nitrogens with two attached hydrogens (primary N) is 1. The van der Waals surface area contributed by atoms with Crippen LogP contribution in [0.2, 0.25) is 0 Å². The minimum atomic E-state index is -0.687. The molecule has 2 aromatic carbocycles. The smallest absolute Gasteiger partial charge is 0.167 e. The molecule has 7 nitrogen and oxygen atoms in total. The Morgan fingerprint density at radius 2 is 1.91 bits per heavy atom. The number of aryl methyl sites for hydroxylation is 1. The number of ether oxygens (including phenoxy) is 1. The largest absolute Gasteiger partial charge is 0.496 e. The minimum Gasteiger partial charge on any atom is -0.496 e. The highest BCUT2D eigenvalue weighted by Gasteiger charge is 2.25. The van der Waals surface area contributed by atoms with Crippen molar-refractivity contribution in [2.24, 2.45) is 5.73 Å². The molecule has 3 heterocycles. The predicted molar refractivity (Wildman–Crippen MR) is 128 cm³/mol. The second kappa shape index (κ2) is 8.96. The van der Waals surface area contributed by atoms with Crippen molar-refractivity contribution in [3.63, 3.8) is 0 Å². The normalized spacial score (nSPS) is 14.3. The fourth-order valence-electron chi connectivity index (χ4n) is 4.45. The first-order valence-electron chi connectivity index (χ1n) is 11.2. The molecule has 9 heteroatoms. The van der Waals surface area contributed by atoms with Crippen LogP contribution >= 0.6 is 0 Å². The maximum atomic E-state index is 15.5. The van der Waals surface area contributed by atoms with Gasteiger partial charge in [0.15, 0.2) is 5.58 Å². The van der Waals surface area contributed by atoms with Crippen LogP contribution in [0, 0.1) is 29.9 Å². The molecule has 1 saturated heterocycles. The number of methoxy groups -OCH3 is 1. The molecule has 35 heavy (non-hydrogen) atoms. The highest BCUT2D eigenvalue weighted by atomic mass is 19.1. The molecular formula is C26H23F2N5O2. The molecule has 0 aliphatic carbocycles. The molecule has 0 saturated carbocycles. The Labute approximate surface area is 200 Å². The lowest BCUT2D eigenvalue weighted by Crippen LogP contribution is -2.40. The molecule has 1 fully saturated rings. The van der Waals surface area contributed by atoms with E-state index in [1.54, 1.807) is 25.1 Å². The van der Waals surface area contributed by atoms with Gasteiger partial charge < -0.3 is 19.9 Å². The van der Waals surface area contributed by atoms with Gasteiger partial charge in [-0.2, -0.15) is 5.26 Å². The highest BCUT2D eigenvalue weighted by molar-refractivity contribution is 5.92. The number of benzene rings is 2. The zero-order valence-corrected chi connectivity index (χ0v) is 19.3. The monoisotopic (exact) mass is 475 g/mol. The van der Waals surface area contributed by atoms with E-state index in [1.165, 1.54) is 25.3 Å². The van der Waals surface area contributed by atoms with E-state index < -0.39 is 11.6 Å². The van der Waals surface area contributed by atoms with Gasteiger partial charge in [0, 0.05) is 41.7 Å². The number of pyridine rings is 1. The Kier molecular flexibility index (Phi) is 5.83. The molecule has 4 aromatic rings. The summed E-state index contributed by atoms with van der Waals surface area (Å²) in [5.74, 6) is -0.211. The number of rotatable bonds is 4. The number of hydrogen-bond acceptors (Lipinski definition) is 7. The van der Waals surface area contributed by atoms with Gasteiger partial charge in [-0.25, -0.2) is 13.8 Å². The van der Waals surface area contributed by atoms with Gasteiger partial charge in [0.05, 0.1) is 29.6 Å². The van der Waals surface area contributed by atoms with Gasteiger partial charge in [-0.3, -0.25) is 0 Å². The number of fused-ring (bicyclic) bond motifs is 1. The third-order valence-electron chi connectivity index (χ3n) is 6.43. The molecule has 178 valence electrons. The second-order valence-corrected chi connectivity index (χ2v) is 8.63. The summed E-state index contributed by atoms with van der Waals surface area (Å²) in [6.45, 7) is 3.14. The number of hydrogen-bond donors (Lipinski definition) is 1. The van der Waals surface area contributed by atoms with E-state index in [1.807, 2.05) is 6.07 Å². The lowest BCUT2D eigenvalue weighted by atomic mass is 9.95. The van der Waals surface area contributed by atoms with Crippen LogP contribution in [0.1, 0.15) is 24.1 Å². The van der Waals surface area contributed by atoms with E-state index in [0.717, 1.165) is 12.8 Å². The summed E-state index contributed by atoms with van der Waals surface area (Å²) in [4.78, 5) is 6.92. The molecule has 0 unspecified atom stereocenters. The van der Waals surface area contributed by atoms with Gasteiger partial charge in [0.1, 0.15) is 29.3 Å². The Bertz CT molecular complexity index is 1470. The van der Waals surface area contributed by atoms with E-state index in [2.05, 4.69) is 10.1 Å². The van der Waals surface area contributed by atoms with Crippen LogP contribution in [-0.4, -0.2) is 36.4 Å². The molecule has 1 aliphatic heterocycles. The van der Waals surface area contributed by atoms with E-state index in [0.29, 0.717) is 58.1 Å². The predicted octanol–water partition coefficient (Wildman–Crippen LogP) is 4.95. The summed E-state index contributed by atoms with van der Waals surface area (Å²) in [5, 5.41) is 13.6. The number of piperidine rings is 1. The Balaban J connectivity index is 1.76. The summed E-state index contributed by atoms with van der Waals surface area (Å²) in [5.41, 5.74) is 8.21. The van der Waals surface area contributed by atoms with Crippen molar-refractivity contribution in [3.8, 4) is 34.2 Å². The van der Waals surface area contributed by atoms with Crippen molar-refractivity contribution >= 4 is 16.8 Å². The molecule has 5 rings (SSSR count). The minimum absolute atomic E-state index is 0.0897. The SMILES string of the molecule is COc1cc(N2CCC(N)CC2)nc(-c2ccc(C#N)c(F)c2)c1-c1cc2onc(C)c2cc1F. The van der Waals surface area contributed by atoms with Crippen molar-refractivity contribution in [3.05, 3.63) is 59.3 Å². The lowest BCUT2D eigenvalue weighted by molar-refractivity contribution is 0.415. The summed E-state index contributed by atoms with van der Waals surface area (Å²) in [7, 11) is 1.49. The number of nitrogens with zero attached hydrogens (tertiary/aromatic N) is 4. The first-order chi connectivity index (χ1) is 16.9. The molecule has 0 spiro atoms. The first kappa shape index (κ1) is 22.7. The molecule has 0 radical (unpaired) electrons. The van der Waals surface area contributed by atoms with Crippen molar-refractivity contribution in [2.75, 3.05) is 25.1 Å². The van der Waals surface area contributed by atoms with Gasteiger partial charge in [-0.1, -0.05) is 11.2 Å². The molecule has 0 atom stereocenters. The van der Waals surface area contributed by atoms with Crippen molar-refractivity contribution < 1.29 is 18.0 Å². The van der Waals surface area contributed by atoms with Crippen molar-refractivity contribution in [1.29, 1.82) is 5.26 Å². The van der Waals surface area contributed by atoms with Crippen molar-refractivity contribution in [1.82, 2.24) is 10.1 Å². The third kappa shape index (κ3) is 4.06. The van der Waals surface area contributed by atoms with Gasteiger partial charge in [0.25, 0.3) is 0 Å². The molecule has 2 N–H and O–H groups in total.